The van der Waals surface area contributed by atoms with E-state index in [0.717, 1.165) is 18.5 Å². The molecule has 0 aromatic heterocycles. The highest BCUT2D eigenvalue weighted by atomic mass is 16.3. The van der Waals surface area contributed by atoms with E-state index in [9.17, 15) is 0 Å². The van der Waals surface area contributed by atoms with Crippen molar-refractivity contribution in [1.82, 2.24) is 4.90 Å². The summed E-state index contributed by atoms with van der Waals surface area (Å²) in [4.78, 5) is 2.25. The van der Waals surface area contributed by atoms with Crippen LogP contribution in [0.4, 0.5) is 0 Å². The van der Waals surface area contributed by atoms with Gasteiger partial charge in [-0.25, -0.2) is 0 Å². The topological polar surface area (TPSA) is 23.5 Å². The number of aliphatic hydroxyl groups excluding tert-OH is 1. The van der Waals surface area contributed by atoms with Crippen molar-refractivity contribution in [2.24, 2.45) is 5.92 Å². The summed E-state index contributed by atoms with van der Waals surface area (Å²) < 4.78 is 0. The molecule has 0 heterocycles. The highest BCUT2D eigenvalue weighted by Crippen LogP contribution is 2.29. The van der Waals surface area contributed by atoms with Crippen molar-refractivity contribution in [3.63, 3.8) is 0 Å². The third-order valence-electron chi connectivity index (χ3n) is 2.42. The summed E-state index contributed by atoms with van der Waals surface area (Å²) in [6.45, 7) is 3.40. The summed E-state index contributed by atoms with van der Waals surface area (Å²) in [6.07, 6.45) is 2.63. The lowest BCUT2D eigenvalue weighted by atomic mass is 9.81. The molecule has 1 rings (SSSR count). The van der Waals surface area contributed by atoms with Gasteiger partial charge in [0.1, 0.15) is 0 Å². The van der Waals surface area contributed by atoms with Gasteiger partial charge in [0.05, 0.1) is 6.61 Å². The van der Waals surface area contributed by atoms with Gasteiger partial charge in [-0.1, -0.05) is 6.92 Å². The number of hydrogen-bond donors (Lipinski definition) is 1. The van der Waals surface area contributed by atoms with Gasteiger partial charge in [-0.05, 0) is 25.8 Å². The predicted octanol–water partition coefficient (Wildman–Crippen LogP) is 0.709. The van der Waals surface area contributed by atoms with Crippen LogP contribution in [0.15, 0.2) is 0 Å². The Hall–Kier alpha value is -0.0800. The minimum atomic E-state index is 0.293. The summed E-state index contributed by atoms with van der Waals surface area (Å²) in [5.41, 5.74) is 0. The molecule has 1 saturated carbocycles. The number of likely N-dealkylation sites (N-methyl/N-ethyl adjacent to an activating group) is 1. The molecule has 1 fully saturated rings. The van der Waals surface area contributed by atoms with Crippen LogP contribution in [0.3, 0.4) is 0 Å². The molecule has 1 aliphatic rings. The second kappa shape index (κ2) is 3.35. The van der Waals surface area contributed by atoms with E-state index in [1.54, 1.807) is 0 Å². The first-order valence-electron chi connectivity index (χ1n) is 4.05. The highest BCUT2D eigenvalue weighted by molar-refractivity contribution is 4.82. The number of hydrogen-bond acceptors (Lipinski definition) is 2. The van der Waals surface area contributed by atoms with E-state index in [2.05, 4.69) is 18.9 Å². The lowest BCUT2D eigenvalue weighted by Gasteiger charge is -2.39. The standard InChI is InChI=1S/C8H17NO/c1-7-5-8(6-7)9(2)3-4-10/h7-8,10H,3-6H2,1-2H3. The number of rotatable bonds is 3. The zero-order valence-corrected chi connectivity index (χ0v) is 6.88. The molecule has 0 unspecified atom stereocenters. The van der Waals surface area contributed by atoms with E-state index in [0.29, 0.717) is 6.61 Å². The third-order valence-corrected chi connectivity index (χ3v) is 2.42. The average molecular weight is 143 g/mol. The summed E-state index contributed by atoms with van der Waals surface area (Å²) >= 11 is 0. The van der Waals surface area contributed by atoms with Gasteiger partial charge in [0.25, 0.3) is 0 Å². The maximum atomic E-state index is 8.63. The molecular weight excluding hydrogens is 126 g/mol. The van der Waals surface area contributed by atoms with Crippen LogP contribution in [0.25, 0.3) is 0 Å². The quantitative estimate of drug-likeness (QED) is 0.629. The van der Waals surface area contributed by atoms with Gasteiger partial charge in [0, 0.05) is 12.6 Å². The van der Waals surface area contributed by atoms with E-state index >= 15 is 0 Å². The Morgan fingerprint density at radius 3 is 2.50 bits per heavy atom. The van der Waals surface area contributed by atoms with Crippen LogP contribution in [0.5, 0.6) is 0 Å². The molecule has 0 aliphatic heterocycles. The zero-order valence-electron chi connectivity index (χ0n) is 6.88. The molecule has 1 N–H and O–H groups in total. The van der Waals surface area contributed by atoms with Gasteiger partial charge >= 0.3 is 0 Å². The fourth-order valence-corrected chi connectivity index (χ4v) is 1.56. The molecule has 0 spiro atoms. The molecule has 2 heteroatoms. The Kier molecular flexibility index (Phi) is 2.69. The molecule has 10 heavy (non-hydrogen) atoms. The van der Waals surface area contributed by atoms with Gasteiger partial charge in [-0.2, -0.15) is 0 Å². The van der Waals surface area contributed by atoms with E-state index in [1.807, 2.05) is 0 Å². The Morgan fingerprint density at radius 2 is 2.10 bits per heavy atom. The Bertz CT molecular complexity index is 96.7. The monoisotopic (exact) mass is 143 g/mol. The minimum Gasteiger partial charge on any atom is -0.395 e. The Balaban J connectivity index is 2.11. The summed E-state index contributed by atoms with van der Waals surface area (Å²) in [6, 6.07) is 0.752. The number of nitrogens with zero attached hydrogens (tertiary/aromatic N) is 1. The third kappa shape index (κ3) is 1.70. The molecule has 0 aromatic rings. The van der Waals surface area contributed by atoms with Crippen LogP contribution >= 0.6 is 0 Å². The second-order valence-electron chi connectivity index (χ2n) is 3.43. The predicted molar refractivity (Wildman–Crippen MR) is 41.9 cm³/mol. The first-order chi connectivity index (χ1) is 4.74. The van der Waals surface area contributed by atoms with Crippen LogP contribution in [0.1, 0.15) is 19.8 Å². The maximum Gasteiger partial charge on any atom is 0.0558 e. The minimum absolute atomic E-state index is 0.293. The molecule has 0 aromatic carbocycles. The Labute approximate surface area is 62.8 Å². The van der Waals surface area contributed by atoms with Crippen molar-refractivity contribution in [2.75, 3.05) is 20.2 Å². The fraction of sp³-hybridized carbons (Fsp3) is 1.00. The molecule has 0 bridgehead atoms. The number of aliphatic hydroxyl groups is 1. The van der Waals surface area contributed by atoms with Crippen molar-refractivity contribution >= 4 is 0 Å². The van der Waals surface area contributed by atoms with Gasteiger partial charge in [0.2, 0.25) is 0 Å². The molecule has 0 amide bonds. The van der Waals surface area contributed by atoms with Gasteiger partial charge in [-0.15, -0.1) is 0 Å². The summed E-state index contributed by atoms with van der Waals surface area (Å²) in [5.74, 6) is 0.908. The van der Waals surface area contributed by atoms with Gasteiger partial charge < -0.3 is 10.0 Å². The maximum absolute atomic E-state index is 8.63. The molecule has 60 valence electrons. The van der Waals surface area contributed by atoms with Crippen LogP contribution < -0.4 is 0 Å². The van der Waals surface area contributed by atoms with E-state index < -0.39 is 0 Å². The van der Waals surface area contributed by atoms with Crippen molar-refractivity contribution in [2.45, 2.75) is 25.8 Å². The first-order valence-corrected chi connectivity index (χ1v) is 4.05. The van der Waals surface area contributed by atoms with Crippen molar-refractivity contribution in [1.29, 1.82) is 0 Å². The van der Waals surface area contributed by atoms with Gasteiger partial charge in [-0.3, -0.25) is 0 Å². The molecule has 1 aliphatic carbocycles. The van der Waals surface area contributed by atoms with Crippen molar-refractivity contribution < 1.29 is 5.11 Å². The van der Waals surface area contributed by atoms with E-state index in [4.69, 9.17) is 5.11 Å². The average Bonchev–Trinajstić information content (AvgIpc) is 1.82. The van der Waals surface area contributed by atoms with Crippen LogP contribution in [-0.4, -0.2) is 36.2 Å². The van der Waals surface area contributed by atoms with Crippen LogP contribution in [0.2, 0.25) is 0 Å². The lowest BCUT2D eigenvalue weighted by molar-refractivity contribution is 0.0921. The second-order valence-corrected chi connectivity index (χ2v) is 3.43. The zero-order chi connectivity index (χ0) is 7.56. The summed E-state index contributed by atoms with van der Waals surface area (Å²) in [7, 11) is 2.09. The Morgan fingerprint density at radius 1 is 1.50 bits per heavy atom. The van der Waals surface area contributed by atoms with E-state index in [1.165, 1.54) is 12.8 Å². The van der Waals surface area contributed by atoms with Crippen molar-refractivity contribution in [3.8, 4) is 0 Å². The van der Waals surface area contributed by atoms with Crippen molar-refractivity contribution in [3.05, 3.63) is 0 Å². The first kappa shape index (κ1) is 8.02. The van der Waals surface area contributed by atoms with Gasteiger partial charge in [0.15, 0.2) is 0 Å². The molecule has 0 radical (unpaired) electrons. The molecule has 0 saturated heterocycles. The summed E-state index contributed by atoms with van der Waals surface area (Å²) in [5, 5.41) is 8.63. The molecular formula is C8H17NO. The fourth-order valence-electron chi connectivity index (χ4n) is 1.56. The normalized spacial score (nSPS) is 32.4. The van der Waals surface area contributed by atoms with E-state index in [-0.39, 0.29) is 0 Å². The molecule has 0 atom stereocenters. The lowest BCUT2D eigenvalue weighted by Crippen LogP contribution is -2.42. The SMILES string of the molecule is CC1CC(N(C)CCO)C1. The van der Waals surface area contributed by atoms with Crippen LogP contribution in [-0.2, 0) is 0 Å². The highest BCUT2D eigenvalue weighted by Gasteiger charge is 2.27. The largest absolute Gasteiger partial charge is 0.395 e. The molecule has 2 nitrogen and oxygen atoms in total. The van der Waals surface area contributed by atoms with Crippen LogP contribution in [0, 0.1) is 5.92 Å². The smallest absolute Gasteiger partial charge is 0.0558 e.